The van der Waals surface area contributed by atoms with Crippen LogP contribution in [0.25, 0.3) is 0 Å². The van der Waals surface area contributed by atoms with Crippen LogP contribution in [0.3, 0.4) is 0 Å². The standard InChI is InChI=1S/C27H28ClFN2O4S/c1-18(2)31(26(32)24-6-4-5-19(3)30-24)25-12-7-20(17-23(25)29)27(13-15-35-16-14-27)36(33,34)22-10-8-21(28)9-11-22/h4-12,17-18H,13-16H2,1-3H3. The fourth-order valence-electron chi connectivity index (χ4n) is 4.65. The summed E-state index contributed by atoms with van der Waals surface area (Å²) >= 11 is 5.97. The Kier molecular flexibility index (Phi) is 7.50. The summed E-state index contributed by atoms with van der Waals surface area (Å²) in [7, 11) is -3.92. The number of nitrogens with zero attached hydrogens (tertiary/aromatic N) is 2. The fourth-order valence-corrected chi connectivity index (χ4v) is 6.86. The Hall–Kier alpha value is -2.81. The van der Waals surface area contributed by atoms with Crippen LogP contribution in [0, 0.1) is 12.7 Å². The topological polar surface area (TPSA) is 76.6 Å². The highest BCUT2D eigenvalue weighted by atomic mass is 35.5. The molecule has 2 heterocycles. The van der Waals surface area contributed by atoms with Gasteiger partial charge in [-0.05, 0) is 87.7 Å². The van der Waals surface area contributed by atoms with Gasteiger partial charge < -0.3 is 9.64 Å². The van der Waals surface area contributed by atoms with E-state index in [-0.39, 0.29) is 48.4 Å². The van der Waals surface area contributed by atoms with Crippen molar-refractivity contribution >= 4 is 33.0 Å². The average Bonchev–Trinajstić information content (AvgIpc) is 2.85. The van der Waals surface area contributed by atoms with Crippen molar-refractivity contribution in [1.82, 2.24) is 4.98 Å². The van der Waals surface area contributed by atoms with Crippen LogP contribution in [0.2, 0.25) is 5.02 Å². The summed E-state index contributed by atoms with van der Waals surface area (Å²) in [5.74, 6) is -1.12. The molecule has 0 radical (unpaired) electrons. The van der Waals surface area contributed by atoms with E-state index in [4.69, 9.17) is 16.3 Å². The number of carbonyl (C=O) groups is 1. The molecule has 6 nitrogen and oxygen atoms in total. The zero-order valence-corrected chi connectivity index (χ0v) is 21.9. The van der Waals surface area contributed by atoms with Crippen molar-refractivity contribution in [3.63, 3.8) is 0 Å². The molecule has 3 aromatic rings. The Morgan fingerprint density at radius 1 is 1.08 bits per heavy atom. The Morgan fingerprint density at radius 2 is 1.75 bits per heavy atom. The third-order valence-electron chi connectivity index (χ3n) is 6.51. The number of sulfone groups is 1. The second kappa shape index (κ2) is 10.3. The number of anilines is 1. The number of pyridine rings is 1. The molecular weight excluding hydrogens is 503 g/mol. The molecule has 0 aliphatic carbocycles. The summed E-state index contributed by atoms with van der Waals surface area (Å²) in [5, 5.41) is 0.423. The molecule has 1 aromatic heterocycles. The SMILES string of the molecule is Cc1cccc(C(=O)N(c2ccc(C3(S(=O)(=O)c4ccc(Cl)cc4)CCOCC3)cc2F)C(C)C)n1. The molecule has 190 valence electrons. The van der Waals surface area contributed by atoms with Crippen LogP contribution < -0.4 is 4.90 Å². The zero-order valence-electron chi connectivity index (χ0n) is 20.4. The number of benzene rings is 2. The van der Waals surface area contributed by atoms with Gasteiger partial charge in [-0.15, -0.1) is 0 Å². The fraction of sp³-hybridized carbons (Fsp3) is 0.333. The lowest BCUT2D eigenvalue weighted by Crippen LogP contribution is -2.42. The number of carbonyl (C=O) groups excluding carboxylic acids is 1. The van der Waals surface area contributed by atoms with E-state index in [9.17, 15) is 13.2 Å². The van der Waals surface area contributed by atoms with Crippen LogP contribution in [0.5, 0.6) is 0 Å². The second-order valence-electron chi connectivity index (χ2n) is 9.16. The quantitative estimate of drug-likeness (QED) is 0.407. The first-order chi connectivity index (χ1) is 17.1. The third-order valence-corrected chi connectivity index (χ3v) is 9.33. The highest BCUT2D eigenvalue weighted by Crippen LogP contribution is 2.44. The highest BCUT2D eigenvalue weighted by Gasteiger charge is 2.47. The predicted octanol–water partition coefficient (Wildman–Crippen LogP) is 5.72. The van der Waals surface area contributed by atoms with Gasteiger partial charge in [0.25, 0.3) is 5.91 Å². The first kappa shape index (κ1) is 26.3. The lowest BCUT2D eigenvalue weighted by atomic mass is 9.90. The highest BCUT2D eigenvalue weighted by molar-refractivity contribution is 7.92. The molecule has 2 aromatic carbocycles. The molecule has 0 unspecified atom stereocenters. The van der Waals surface area contributed by atoms with E-state index in [1.807, 2.05) is 0 Å². The van der Waals surface area contributed by atoms with Crippen molar-refractivity contribution in [3.8, 4) is 0 Å². The Labute approximate surface area is 216 Å². The molecule has 1 fully saturated rings. The maximum Gasteiger partial charge on any atom is 0.277 e. The summed E-state index contributed by atoms with van der Waals surface area (Å²) in [6, 6.07) is 15.0. The van der Waals surface area contributed by atoms with E-state index in [1.165, 1.54) is 41.3 Å². The van der Waals surface area contributed by atoms with Crippen LogP contribution in [-0.2, 0) is 19.3 Å². The Balaban J connectivity index is 1.79. The Bertz CT molecular complexity index is 1370. The van der Waals surface area contributed by atoms with Crippen molar-refractivity contribution in [1.29, 1.82) is 0 Å². The van der Waals surface area contributed by atoms with Crippen LogP contribution in [0.4, 0.5) is 10.1 Å². The van der Waals surface area contributed by atoms with Gasteiger partial charge in [0.05, 0.1) is 10.6 Å². The van der Waals surface area contributed by atoms with Gasteiger partial charge in [0, 0.05) is 30.0 Å². The monoisotopic (exact) mass is 530 g/mol. The van der Waals surface area contributed by atoms with Gasteiger partial charge in [0.2, 0.25) is 0 Å². The average molecular weight is 531 g/mol. The third kappa shape index (κ3) is 4.77. The maximum absolute atomic E-state index is 15.7. The summed E-state index contributed by atoms with van der Waals surface area (Å²) in [6.45, 7) is 5.80. The van der Waals surface area contributed by atoms with Crippen molar-refractivity contribution in [3.05, 3.63) is 88.5 Å². The smallest absolute Gasteiger partial charge is 0.277 e. The van der Waals surface area contributed by atoms with E-state index in [2.05, 4.69) is 4.98 Å². The zero-order chi connectivity index (χ0) is 26.1. The molecular formula is C27H28ClFN2O4S. The first-order valence-corrected chi connectivity index (χ1v) is 13.6. The van der Waals surface area contributed by atoms with Crippen molar-refractivity contribution in [2.45, 2.75) is 49.3 Å². The molecule has 36 heavy (non-hydrogen) atoms. The minimum absolute atomic E-state index is 0.0631. The van der Waals surface area contributed by atoms with Gasteiger partial charge in [-0.25, -0.2) is 17.8 Å². The van der Waals surface area contributed by atoms with E-state index >= 15 is 4.39 Å². The number of amides is 1. The summed E-state index contributed by atoms with van der Waals surface area (Å²) in [6.07, 6.45) is 0.355. The van der Waals surface area contributed by atoms with E-state index in [0.717, 1.165) is 0 Å². The number of aromatic nitrogens is 1. The second-order valence-corrected chi connectivity index (χ2v) is 11.9. The van der Waals surface area contributed by atoms with Crippen molar-refractivity contribution in [2.24, 2.45) is 0 Å². The molecule has 0 spiro atoms. The van der Waals surface area contributed by atoms with Crippen LogP contribution in [-0.4, -0.2) is 38.6 Å². The summed E-state index contributed by atoms with van der Waals surface area (Å²) in [5.41, 5.74) is 1.27. The maximum atomic E-state index is 15.7. The lowest BCUT2D eigenvalue weighted by Gasteiger charge is -2.37. The molecule has 9 heteroatoms. The largest absolute Gasteiger partial charge is 0.381 e. The van der Waals surface area contributed by atoms with E-state index in [1.54, 1.807) is 45.0 Å². The van der Waals surface area contributed by atoms with E-state index < -0.39 is 26.3 Å². The van der Waals surface area contributed by atoms with Crippen LogP contribution in [0.1, 0.15) is 48.4 Å². The van der Waals surface area contributed by atoms with E-state index in [0.29, 0.717) is 16.3 Å². The van der Waals surface area contributed by atoms with Gasteiger partial charge in [-0.1, -0.05) is 23.7 Å². The molecule has 1 saturated heterocycles. The first-order valence-electron chi connectivity index (χ1n) is 11.7. The van der Waals surface area contributed by atoms with Crippen molar-refractivity contribution < 1.29 is 22.3 Å². The number of ether oxygens (including phenoxy) is 1. The molecule has 0 N–H and O–H groups in total. The number of halogens is 2. The normalized spacial score (nSPS) is 15.6. The number of rotatable bonds is 6. The van der Waals surface area contributed by atoms with Crippen LogP contribution in [0.15, 0.2) is 65.6 Å². The molecule has 0 bridgehead atoms. The predicted molar refractivity (Wildman–Crippen MR) is 138 cm³/mol. The number of hydrogen-bond donors (Lipinski definition) is 0. The molecule has 4 rings (SSSR count). The van der Waals surface area contributed by atoms with Gasteiger partial charge in [-0.2, -0.15) is 0 Å². The molecule has 0 saturated carbocycles. The Morgan fingerprint density at radius 3 is 2.33 bits per heavy atom. The minimum Gasteiger partial charge on any atom is -0.381 e. The van der Waals surface area contributed by atoms with Crippen molar-refractivity contribution in [2.75, 3.05) is 18.1 Å². The van der Waals surface area contributed by atoms with Gasteiger partial charge in [0.1, 0.15) is 16.3 Å². The lowest BCUT2D eigenvalue weighted by molar-refractivity contribution is 0.0739. The number of hydrogen-bond acceptors (Lipinski definition) is 5. The van der Waals surface area contributed by atoms with Gasteiger partial charge in [-0.3, -0.25) is 4.79 Å². The molecule has 0 atom stereocenters. The van der Waals surface area contributed by atoms with Gasteiger partial charge >= 0.3 is 0 Å². The van der Waals surface area contributed by atoms with Gasteiger partial charge in [0.15, 0.2) is 9.84 Å². The molecule has 1 aliphatic heterocycles. The summed E-state index contributed by atoms with van der Waals surface area (Å²) in [4.78, 5) is 19.0. The minimum atomic E-state index is -3.92. The molecule has 1 aliphatic rings. The summed E-state index contributed by atoms with van der Waals surface area (Å²) < 4.78 is 47.6. The van der Waals surface area contributed by atoms with Crippen LogP contribution >= 0.6 is 11.6 Å². The number of aryl methyl sites for hydroxylation is 1. The molecule has 1 amide bonds.